The highest BCUT2D eigenvalue weighted by atomic mass is 32.1. The van der Waals surface area contributed by atoms with Crippen LogP contribution in [0.5, 0.6) is 10.8 Å². The molecule has 0 atom stereocenters. The molecule has 0 amide bonds. The predicted molar refractivity (Wildman–Crippen MR) is 54.5 cm³/mol. The number of nitrogens with two attached hydrogens (primary N) is 1. The number of nitrogen functional groups attached to an aromatic ring is 1. The Balaban J connectivity index is 2.78. The Morgan fingerprint density at radius 2 is 2.23 bits per heavy atom. The molecule has 1 aromatic carbocycles. The Labute approximate surface area is 79.4 Å². The van der Waals surface area contributed by atoms with Crippen molar-refractivity contribution in [2.75, 3.05) is 12.8 Å². The van der Waals surface area contributed by atoms with Crippen molar-refractivity contribution >= 4 is 27.1 Å². The van der Waals surface area contributed by atoms with Crippen LogP contribution in [0.2, 0.25) is 0 Å². The summed E-state index contributed by atoms with van der Waals surface area (Å²) in [4.78, 5) is 0. The van der Waals surface area contributed by atoms with Gasteiger partial charge in [-0.3, -0.25) is 0 Å². The zero-order chi connectivity index (χ0) is 9.42. The van der Waals surface area contributed by atoms with Crippen LogP contribution < -0.4 is 10.5 Å². The molecule has 4 heteroatoms. The average Bonchev–Trinajstić information content (AvgIpc) is 2.47. The molecule has 0 aliphatic heterocycles. The van der Waals surface area contributed by atoms with Gasteiger partial charge in [-0.25, -0.2) is 0 Å². The van der Waals surface area contributed by atoms with Gasteiger partial charge in [-0.2, -0.15) is 0 Å². The molecule has 0 bridgehead atoms. The van der Waals surface area contributed by atoms with Crippen LogP contribution in [0.3, 0.4) is 0 Å². The highest BCUT2D eigenvalue weighted by Gasteiger charge is 2.07. The minimum Gasteiger partial charge on any atom is -0.499 e. The molecule has 1 heterocycles. The van der Waals surface area contributed by atoms with Crippen LogP contribution in [0, 0.1) is 0 Å². The van der Waals surface area contributed by atoms with E-state index < -0.39 is 0 Å². The van der Waals surface area contributed by atoms with Gasteiger partial charge in [-0.1, -0.05) is 11.3 Å². The van der Waals surface area contributed by atoms with Gasteiger partial charge >= 0.3 is 0 Å². The third kappa shape index (κ3) is 1.19. The monoisotopic (exact) mass is 195 g/mol. The second-order valence-electron chi connectivity index (χ2n) is 2.68. The van der Waals surface area contributed by atoms with Gasteiger partial charge in [-0.15, -0.1) is 0 Å². The van der Waals surface area contributed by atoms with E-state index in [1.54, 1.807) is 19.2 Å². The molecule has 0 unspecified atom stereocenters. The molecule has 0 saturated heterocycles. The maximum atomic E-state index is 9.27. The van der Waals surface area contributed by atoms with E-state index in [2.05, 4.69) is 0 Å². The van der Waals surface area contributed by atoms with E-state index >= 15 is 0 Å². The zero-order valence-corrected chi connectivity index (χ0v) is 7.89. The second-order valence-corrected chi connectivity index (χ2v) is 3.72. The minimum atomic E-state index is 0.273. The number of fused-ring (bicyclic) bond motifs is 1. The fraction of sp³-hybridized carbons (Fsp3) is 0.111. The van der Waals surface area contributed by atoms with Gasteiger partial charge < -0.3 is 15.6 Å². The molecule has 0 aliphatic rings. The van der Waals surface area contributed by atoms with Crippen LogP contribution in [-0.2, 0) is 0 Å². The fourth-order valence-electron chi connectivity index (χ4n) is 1.27. The molecular weight excluding hydrogens is 186 g/mol. The predicted octanol–water partition coefficient (Wildman–Crippen LogP) is 2.20. The Morgan fingerprint density at radius 1 is 1.46 bits per heavy atom. The minimum absolute atomic E-state index is 0.273. The molecule has 0 spiro atoms. The summed E-state index contributed by atoms with van der Waals surface area (Å²) < 4.78 is 5.93. The maximum Gasteiger partial charge on any atom is 0.172 e. The number of aromatic hydroxyl groups is 1. The first-order valence-corrected chi connectivity index (χ1v) is 4.59. The third-order valence-electron chi connectivity index (χ3n) is 1.89. The van der Waals surface area contributed by atoms with Gasteiger partial charge in [0.25, 0.3) is 0 Å². The second kappa shape index (κ2) is 2.81. The number of ether oxygens (including phenoxy) is 1. The molecule has 0 radical (unpaired) electrons. The van der Waals surface area contributed by atoms with Crippen molar-refractivity contribution < 1.29 is 9.84 Å². The molecule has 2 aromatic rings. The molecule has 68 valence electrons. The first-order valence-electron chi connectivity index (χ1n) is 3.77. The number of methoxy groups -OCH3 is 1. The smallest absolute Gasteiger partial charge is 0.172 e. The van der Waals surface area contributed by atoms with E-state index in [1.807, 2.05) is 6.07 Å². The van der Waals surface area contributed by atoms with Crippen molar-refractivity contribution in [3.63, 3.8) is 0 Å². The molecule has 0 saturated carbocycles. The van der Waals surface area contributed by atoms with E-state index in [4.69, 9.17) is 10.5 Å². The van der Waals surface area contributed by atoms with E-state index in [0.29, 0.717) is 11.4 Å². The number of hydrogen-bond donors (Lipinski definition) is 2. The average molecular weight is 195 g/mol. The largest absolute Gasteiger partial charge is 0.499 e. The number of anilines is 1. The first-order chi connectivity index (χ1) is 6.22. The molecule has 13 heavy (non-hydrogen) atoms. The summed E-state index contributed by atoms with van der Waals surface area (Å²) >= 11 is 1.26. The highest BCUT2D eigenvalue weighted by Crippen LogP contribution is 2.38. The molecule has 0 fully saturated rings. The van der Waals surface area contributed by atoms with Crippen molar-refractivity contribution in [3.05, 3.63) is 18.2 Å². The Morgan fingerprint density at radius 3 is 2.92 bits per heavy atom. The summed E-state index contributed by atoms with van der Waals surface area (Å²) in [6.07, 6.45) is 0. The molecular formula is C9H9NO2S. The molecule has 1 aromatic heterocycles. The normalized spacial score (nSPS) is 10.5. The van der Waals surface area contributed by atoms with E-state index in [1.165, 1.54) is 11.3 Å². The van der Waals surface area contributed by atoms with E-state index in [9.17, 15) is 5.11 Å². The summed E-state index contributed by atoms with van der Waals surface area (Å²) in [7, 11) is 1.57. The fourth-order valence-corrected chi connectivity index (χ4v) is 2.12. The standard InChI is InChI=1S/C9H9NO2S/c1-12-6-3-2-5-4-7(11)13-9(5)8(6)10/h2-4,11H,10H2,1H3. The molecule has 3 nitrogen and oxygen atoms in total. The van der Waals surface area contributed by atoms with Gasteiger partial charge in [-0.05, 0) is 23.6 Å². The molecule has 2 rings (SSSR count). The maximum absolute atomic E-state index is 9.27. The van der Waals surface area contributed by atoms with Gasteiger partial charge in [0, 0.05) is 0 Å². The van der Waals surface area contributed by atoms with Crippen LogP contribution in [0.1, 0.15) is 0 Å². The molecule has 3 N–H and O–H groups in total. The van der Waals surface area contributed by atoms with Crippen molar-refractivity contribution in [3.8, 4) is 10.8 Å². The van der Waals surface area contributed by atoms with Gasteiger partial charge in [0.1, 0.15) is 5.75 Å². The lowest BCUT2D eigenvalue weighted by Crippen LogP contribution is -1.91. The van der Waals surface area contributed by atoms with Crippen LogP contribution >= 0.6 is 11.3 Å². The van der Waals surface area contributed by atoms with Crippen molar-refractivity contribution in [1.82, 2.24) is 0 Å². The van der Waals surface area contributed by atoms with Crippen molar-refractivity contribution in [1.29, 1.82) is 0 Å². The first kappa shape index (κ1) is 8.19. The Hall–Kier alpha value is -1.42. The Kier molecular flexibility index (Phi) is 1.77. The van der Waals surface area contributed by atoms with Gasteiger partial charge in [0.15, 0.2) is 5.06 Å². The number of rotatable bonds is 1. The highest BCUT2D eigenvalue weighted by molar-refractivity contribution is 7.21. The summed E-state index contributed by atoms with van der Waals surface area (Å²) in [5.41, 5.74) is 6.41. The quantitative estimate of drug-likeness (QED) is 0.686. The van der Waals surface area contributed by atoms with Crippen molar-refractivity contribution in [2.24, 2.45) is 0 Å². The van der Waals surface area contributed by atoms with Crippen LogP contribution in [-0.4, -0.2) is 12.2 Å². The third-order valence-corrected chi connectivity index (χ3v) is 2.88. The summed E-state index contributed by atoms with van der Waals surface area (Å²) in [6, 6.07) is 5.36. The summed E-state index contributed by atoms with van der Waals surface area (Å²) in [5, 5.41) is 10.5. The summed E-state index contributed by atoms with van der Waals surface area (Å²) in [6.45, 7) is 0. The zero-order valence-electron chi connectivity index (χ0n) is 7.07. The van der Waals surface area contributed by atoms with E-state index in [-0.39, 0.29) is 5.06 Å². The lowest BCUT2D eigenvalue weighted by Gasteiger charge is -2.03. The summed E-state index contributed by atoms with van der Waals surface area (Å²) in [5.74, 6) is 0.648. The number of hydrogen-bond acceptors (Lipinski definition) is 4. The lowest BCUT2D eigenvalue weighted by molar-refractivity contribution is 0.417. The van der Waals surface area contributed by atoms with Gasteiger partial charge in [0.05, 0.1) is 17.5 Å². The topological polar surface area (TPSA) is 55.5 Å². The lowest BCUT2D eigenvalue weighted by atomic mass is 10.2. The van der Waals surface area contributed by atoms with E-state index in [0.717, 1.165) is 10.1 Å². The van der Waals surface area contributed by atoms with Crippen LogP contribution in [0.4, 0.5) is 5.69 Å². The Bertz CT molecular complexity index is 450. The van der Waals surface area contributed by atoms with Crippen LogP contribution in [0.15, 0.2) is 18.2 Å². The number of benzene rings is 1. The van der Waals surface area contributed by atoms with Crippen molar-refractivity contribution in [2.45, 2.75) is 0 Å². The SMILES string of the molecule is COc1ccc2cc(O)sc2c1N. The van der Waals surface area contributed by atoms with Crippen LogP contribution in [0.25, 0.3) is 10.1 Å². The molecule has 0 aliphatic carbocycles. The number of thiophene rings is 1. The van der Waals surface area contributed by atoms with Gasteiger partial charge in [0.2, 0.25) is 0 Å².